The fourth-order valence-electron chi connectivity index (χ4n) is 3.89. The molecule has 0 aliphatic carbocycles. The highest BCUT2D eigenvalue weighted by Gasteiger charge is 2.32. The second-order valence-corrected chi connectivity index (χ2v) is 7.22. The summed E-state index contributed by atoms with van der Waals surface area (Å²) in [6.07, 6.45) is 5.41. The Kier molecular flexibility index (Phi) is 4.44. The molecule has 1 unspecified atom stereocenters. The van der Waals surface area contributed by atoms with Gasteiger partial charge in [0, 0.05) is 30.3 Å². The first-order valence-corrected chi connectivity index (χ1v) is 9.74. The van der Waals surface area contributed by atoms with Gasteiger partial charge in [0.25, 0.3) is 0 Å². The van der Waals surface area contributed by atoms with Gasteiger partial charge in [0.1, 0.15) is 23.6 Å². The first-order chi connectivity index (χ1) is 14.7. The standard InChI is InChI=1S/C23H21N5O2/c1-15-24-11-12-27(15)17-5-3-16(4-6-17)21-23(29)22-20(13-25-21)26-14-28(22)18-7-9-19(30-2)10-8-18/h3-12,14,21,25H,13H2,1-2H3. The zero-order chi connectivity index (χ0) is 20.7. The molecule has 150 valence electrons. The molecule has 1 atom stereocenters. The van der Waals surface area contributed by atoms with Crippen LogP contribution in [0.1, 0.15) is 33.6 Å². The maximum Gasteiger partial charge on any atom is 0.202 e. The molecule has 7 nitrogen and oxygen atoms in total. The molecule has 0 bridgehead atoms. The average molecular weight is 399 g/mol. The van der Waals surface area contributed by atoms with E-state index < -0.39 is 6.04 Å². The SMILES string of the molecule is COc1ccc(-n2cnc3c2C(=O)C(c2ccc(-n4ccnc4C)cc2)NC3)cc1. The molecule has 0 spiro atoms. The van der Waals surface area contributed by atoms with Gasteiger partial charge in [0.15, 0.2) is 0 Å². The molecule has 0 amide bonds. The number of aromatic nitrogens is 4. The van der Waals surface area contributed by atoms with E-state index in [1.807, 2.05) is 70.8 Å². The lowest BCUT2D eigenvalue weighted by Crippen LogP contribution is -2.35. The average Bonchev–Trinajstić information content (AvgIpc) is 3.41. The van der Waals surface area contributed by atoms with Crippen LogP contribution in [-0.4, -0.2) is 32.0 Å². The maximum atomic E-state index is 13.4. The fraction of sp³-hybridized carbons (Fsp3) is 0.174. The summed E-state index contributed by atoms with van der Waals surface area (Å²) in [6, 6.07) is 15.2. The van der Waals surface area contributed by atoms with Crippen molar-refractivity contribution in [1.82, 2.24) is 24.4 Å². The number of Topliss-reactive ketones (excluding diaryl/α,β-unsaturated/α-hetero) is 1. The number of ether oxygens (including phenoxy) is 1. The Morgan fingerprint density at radius 2 is 1.70 bits per heavy atom. The molecule has 1 aliphatic heterocycles. The minimum absolute atomic E-state index is 0.0103. The number of imidazole rings is 2. The summed E-state index contributed by atoms with van der Waals surface area (Å²) in [5, 5.41) is 3.33. The maximum absolute atomic E-state index is 13.4. The number of carbonyl (C=O) groups is 1. The van der Waals surface area contributed by atoms with Crippen molar-refractivity contribution in [2.45, 2.75) is 19.5 Å². The Labute approximate surface area is 174 Å². The van der Waals surface area contributed by atoms with Gasteiger partial charge < -0.3 is 9.30 Å². The molecule has 30 heavy (non-hydrogen) atoms. The van der Waals surface area contributed by atoms with Crippen LogP contribution >= 0.6 is 0 Å². The van der Waals surface area contributed by atoms with Crippen LogP contribution in [-0.2, 0) is 6.54 Å². The first kappa shape index (κ1) is 18.3. The number of fused-ring (bicyclic) bond motifs is 1. The lowest BCUT2D eigenvalue weighted by atomic mass is 9.96. The van der Waals surface area contributed by atoms with Gasteiger partial charge in [-0.2, -0.15) is 0 Å². The Morgan fingerprint density at radius 3 is 2.37 bits per heavy atom. The second kappa shape index (κ2) is 7.27. The zero-order valence-electron chi connectivity index (χ0n) is 16.7. The van der Waals surface area contributed by atoms with Gasteiger partial charge in [-0.15, -0.1) is 0 Å². The molecular formula is C23H21N5O2. The number of hydrogen-bond acceptors (Lipinski definition) is 5. The highest BCUT2D eigenvalue weighted by atomic mass is 16.5. The molecule has 0 saturated heterocycles. The van der Waals surface area contributed by atoms with Gasteiger partial charge >= 0.3 is 0 Å². The molecule has 1 N–H and O–H groups in total. The summed E-state index contributed by atoms with van der Waals surface area (Å²) in [4.78, 5) is 22.1. The van der Waals surface area contributed by atoms with Gasteiger partial charge in [0.2, 0.25) is 5.78 Å². The Hall–Kier alpha value is -3.71. The molecule has 1 aliphatic rings. The van der Waals surface area contributed by atoms with Gasteiger partial charge in [-0.25, -0.2) is 9.97 Å². The molecular weight excluding hydrogens is 378 g/mol. The normalized spacial score (nSPS) is 15.8. The summed E-state index contributed by atoms with van der Waals surface area (Å²) >= 11 is 0. The zero-order valence-corrected chi connectivity index (χ0v) is 16.7. The number of nitrogens with one attached hydrogen (secondary N) is 1. The molecule has 3 heterocycles. The van der Waals surface area contributed by atoms with Crippen LogP contribution < -0.4 is 10.1 Å². The van der Waals surface area contributed by atoms with Crippen LogP contribution in [0.4, 0.5) is 0 Å². The fourth-order valence-corrected chi connectivity index (χ4v) is 3.89. The van der Waals surface area contributed by atoms with E-state index in [1.54, 1.807) is 19.6 Å². The lowest BCUT2D eigenvalue weighted by Gasteiger charge is -2.24. The summed E-state index contributed by atoms with van der Waals surface area (Å²) in [5.41, 5.74) is 4.20. The summed E-state index contributed by atoms with van der Waals surface area (Å²) in [5.74, 6) is 1.70. The van der Waals surface area contributed by atoms with Crippen molar-refractivity contribution >= 4 is 5.78 Å². The second-order valence-electron chi connectivity index (χ2n) is 7.22. The Morgan fingerprint density at radius 1 is 1.00 bits per heavy atom. The number of aryl methyl sites for hydroxylation is 1. The third kappa shape index (κ3) is 3.00. The third-order valence-corrected chi connectivity index (χ3v) is 5.49. The number of ketones is 1. The molecule has 4 aromatic rings. The molecule has 2 aromatic carbocycles. The highest BCUT2D eigenvalue weighted by molar-refractivity contribution is 6.01. The van der Waals surface area contributed by atoms with Crippen molar-refractivity contribution in [2.24, 2.45) is 0 Å². The summed E-state index contributed by atoms with van der Waals surface area (Å²) < 4.78 is 9.10. The van der Waals surface area contributed by atoms with Crippen LogP contribution in [0.2, 0.25) is 0 Å². The van der Waals surface area contributed by atoms with E-state index in [2.05, 4.69) is 15.3 Å². The van der Waals surface area contributed by atoms with Crippen LogP contribution in [0.25, 0.3) is 11.4 Å². The number of methoxy groups -OCH3 is 1. The first-order valence-electron chi connectivity index (χ1n) is 9.74. The van der Waals surface area contributed by atoms with Crippen LogP contribution in [0, 0.1) is 6.92 Å². The molecule has 0 saturated carbocycles. The molecule has 5 rings (SSSR count). The van der Waals surface area contributed by atoms with Crippen molar-refractivity contribution in [3.8, 4) is 17.1 Å². The highest BCUT2D eigenvalue weighted by Crippen LogP contribution is 2.28. The number of hydrogen-bond donors (Lipinski definition) is 1. The van der Waals surface area contributed by atoms with E-state index in [-0.39, 0.29) is 5.78 Å². The molecule has 2 aromatic heterocycles. The van der Waals surface area contributed by atoms with Gasteiger partial charge in [-0.1, -0.05) is 12.1 Å². The Balaban J connectivity index is 1.46. The van der Waals surface area contributed by atoms with Crippen molar-refractivity contribution in [3.05, 3.63) is 90.0 Å². The minimum atomic E-state index is -0.413. The molecule has 7 heteroatoms. The van der Waals surface area contributed by atoms with E-state index in [4.69, 9.17) is 4.74 Å². The molecule has 0 fully saturated rings. The third-order valence-electron chi connectivity index (χ3n) is 5.49. The van der Waals surface area contributed by atoms with Gasteiger partial charge in [0.05, 0.1) is 18.8 Å². The lowest BCUT2D eigenvalue weighted by molar-refractivity contribution is 0.0922. The number of nitrogens with zero attached hydrogens (tertiary/aromatic N) is 4. The largest absolute Gasteiger partial charge is 0.497 e. The predicted molar refractivity (Wildman–Crippen MR) is 112 cm³/mol. The van der Waals surface area contributed by atoms with E-state index in [1.165, 1.54) is 0 Å². The smallest absolute Gasteiger partial charge is 0.202 e. The quantitative estimate of drug-likeness (QED) is 0.569. The van der Waals surface area contributed by atoms with E-state index in [9.17, 15) is 4.79 Å². The van der Waals surface area contributed by atoms with E-state index in [0.717, 1.165) is 34.2 Å². The topological polar surface area (TPSA) is 74.0 Å². The van der Waals surface area contributed by atoms with Crippen molar-refractivity contribution in [3.63, 3.8) is 0 Å². The summed E-state index contributed by atoms with van der Waals surface area (Å²) in [6.45, 7) is 2.50. The van der Waals surface area contributed by atoms with Crippen LogP contribution in [0.15, 0.2) is 67.3 Å². The molecule has 0 radical (unpaired) electrons. The number of benzene rings is 2. The van der Waals surface area contributed by atoms with E-state index >= 15 is 0 Å². The van der Waals surface area contributed by atoms with Crippen LogP contribution in [0.5, 0.6) is 5.75 Å². The van der Waals surface area contributed by atoms with Crippen molar-refractivity contribution in [1.29, 1.82) is 0 Å². The summed E-state index contributed by atoms with van der Waals surface area (Å²) in [7, 11) is 1.63. The number of carbonyl (C=O) groups excluding carboxylic acids is 1. The van der Waals surface area contributed by atoms with Gasteiger partial charge in [-0.3, -0.25) is 14.7 Å². The van der Waals surface area contributed by atoms with Crippen LogP contribution in [0.3, 0.4) is 0 Å². The monoisotopic (exact) mass is 399 g/mol. The Bertz CT molecular complexity index is 1210. The van der Waals surface area contributed by atoms with Crippen molar-refractivity contribution in [2.75, 3.05) is 7.11 Å². The minimum Gasteiger partial charge on any atom is -0.497 e. The van der Waals surface area contributed by atoms with E-state index in [0.29, 0.717) is 12.2 Å². The predicted octanol–water partition coefficient (Wildman–Crippen LogP) is 3.40. The van der Waals surface area contributed by atoms with Crippen molar-refractivity contribution < 1.29 is 9.53 Å². The van der Waals surface area contributed by atoms with Gasteiger partial charge in [-0.05, 0) is 48.9 Å². The number of rotatable bonds is 4.